The first-order chi connectivity index (χ1) is 30.7. The summed E-state index contributed by atoms with van der Waals surface area (Å²) in [5, 5.41) is 16.1. The van der Waals surface area contributed by atoms with Gasteiger partial charge in [-0.15, -0.1) is 0 Å². The largest absolute Gasteiger partial charge is 0.487 e. The van der Waals surface area contributed by atoms with Gasteiger partial charge in [-0.25, -0.2) is 22.8 Å². The lowest BCUT2D eigenvalue weighted by molar-refractivity contribution is -0.429. The minimum Gasteiger partial charge on any atom is -0.487 e. The molecule has 334 valence electrons. The van der Waals surface area contributed by atoms with Crippen molar-refractivity contribution in [3.05, 3.63) is 112 Å². The molecule has 0 bridgehead atoms. The number of fused-ring (bicyclic) bond motifs is 2. The Balaban J connectivity index is 0.970. The minimum absolute atomic E-state index is 0.0179. The molecular weight excluding hydrogens is 852 g/mol. The van der Waals surface area contributed by atoms with Crippen molar-refractivity contribution in [2.45, 2.75) is 69.8 Å². The summed E-state index contributed by atoms with van der Waals surface area (Å²) in [4.78, 5) is 39.3. The molecule has 3 aromatic heterocycles. The smallest absolute Gasteiger partial charge is 0.298 e. The second-order valence-electron chi connectivity index (χ2n) is 18.3. The number of hydrogen-bond donors (Lipinski definition) is 3. The number of nitrogens with one attached hydrogen (secondary N) is 2. The molecule has 2 aliphatic carbocycles. The summed E-state index contributed by atoms with van der Waals surface area (Å²) in [6.45, 7) is 9.10. The molecule has 1 saturated carbocycles. The third-order valence-electron chi connectivity index (χ3n) is 13.1. The van der Waals surface area contributed by atoms with Gasteiger partial charge in [-0.3, -0.25) is 9.69 Å². The number of aliphatic hydroxyl groups excluding tert-OH is 1. The Labute approximate surface area is 377 Å². The summed E-state index contributed by atoms with van der Waals surface area (Å²) in [6.07, 6.45) is 9.33. The van der Waals surface area contributed by atoms with Gasteiger partial charge >= 0.3 is 0 Å². The molecule has 1 amide bonds. The molecule has 3 aromatic carbocycles. The van der Waals surface area contributed by atoms with Crippen LogP contribution in [-0.2, 0) is 10.0 Å². The van der Waals surface area contributed by atoms with Gasteiger partial charge in [-0.05, 0) is 122 Å². The summed E-state index contributed by atoms with van der Waals surface area (Å²) >= 11 is 6.26. The maximum Gasteiger partial charge on any atom is 0.298 e. The number of allylic oxidation sites excluding steroid dienone is 1. The van der Waals surface area contributed by atoms with E-state index in [0.29, 0.717) is 46.6 Å². The molecule has 0 radical (unpaired) electrons. The van der Waals surface area contributed by atoms with E-state index in [9.17, 15) is 23.2 Å². The molecule has 6 aromatic rings. The highest BCUT2D eigenvalue weighted by atomic mass is 35.5. The number of amides is 1. The summed E-state index contributed by atoms with van der Waals surface area (Å²) in [6, 6.07) is 21.4. The van der Waals surface area contributed by atoms with Crippen LogP contribution in [0.1, 0.15) is 74.7 Å². The van der Waals surface area contributed by atoms with Crippen LogP contribution >= 0.6 is 11.6 Å². The number of rotatable bonds is 12. The zero-order chi connectivity index (χ0) is 44.8. The van der Waals surface area contributed by atoms with Crippen LogP contribution in [0.2, 0.25) is 5.02 Å². The van der Waals surface area contributed by atoms with Crippen LogP contribution in [0, 0.1) is 16.2 Å². The van der Waals surface area contributed by atoms with Gasteiger partial charge in [0, 0.05) is 70.8 Å². The Hall–Kier alpha value is -5.61. The number of carbonyl (C=O) groups excluding carboxylic acids is 1. The number of hydrogen-bond acceptors (Lipinski definition) is 10. The predicted molar refractivity (Wildman–Crippen MR) is 249 cm³/mol. The number of nitroso groups, excluding NO2 is 1. The number of aromatic amines is 1. The molecule has 1 aliphatic heterocycles. The standard InChI is InChI=1S/C48H53ClN8O6S/c1-48(2)18-16-34(40(27-48)32-6-8-35(49)9-7-32)29-55-20-22-56(23-21-55)36-10-14-39(42(25-36)57-43-24-33-17-19-50-46(33)52-41(43)28-51-57)47(59)53-64(61,62)38-13-15-45(44(26-38)54(3)60)63-30-31-4-11-37(58)12-5-31/h6-10,13-15,17,19,24-26,28,31,37,58H,4-5,11-12,16,18,20-23,27,29-30H2,1-3H3,(H-,50,51,52,53,59)/p+1/t31-,37+. The Kier molecular flexibility index (Phi) is 12.1. The topological polar surface area (TPSA) is 166 Å². The summed E-state index contributed by atoms with van der Waals surface area (Å²) in [5.41, 5.74) is 7.69. The molecule has 2 fully saturated rings. The van der Waals surface area contributed by atoms with E-state index in [1.54, 1.807) is 23.1 Å². The van der Waals surface area contributed by atoms with Crippen LogP contribution in [-0.4, -0.2) is 101 Å². The first-order valence-electron chi connectivity index (χ1n) is 22.0. The fourth-order valence-electron chi connectivity index (χ4n) is 9.39. The van der Waals surface area contributed by atoms with E-state index in [2.05, 4.69) is 50.6 Å². The van der Waals surface area contributed by atoms with Crippen molar-refractivity contribution in [1.29, 1.82) is 0 Å². The number of piperazine rings is 1. The van der Waals surface area contributed by atoms with Gasteiger partial charge in [0.1, 0.15) is 11.2 Å². The number of carbonyl (C=O) groups is 1. The Morgan fingerprint density at radius 2 is 1.77 bits per heavy atom. The van der Waals surface area contributed by atoms with Gasteiger partial charge in [-0.2, -0.15) is 5.10 Å². The molecule has 64 heavy (non-hydrogen) atoms. The molecule has 3 N–H and O–H groups in total. The summed E-state index contributed by atoms with van der Waals surface area (Å²) in [7, 11) is -3.21. The second kappa shape index (κ2) is 17.8. The molecule has 9 rings (SSSR count). The normalized spacial score (nSPS) is 19.6. The van der Waals surface area contributed by atoms with Crippen molar-refractivity contribution >= 4 is 66.5 Å². The first-order valence-corrected chi connectivity index (χ1v) is 23.9. The number of H-pyrrole nitrogens is 1. The quantitative estimate of drug-likeness (QED) is 0.102. The van der Waals surface area contributed by atoms with E-state index < -0.39 is 15.9 Å². The highest BCUT2D eigenvalue weighted by Gasteiger charge is 2.31. The van der Waals surface area contributed by atoms with E-state index in [4.69, 9.17) is 21.3 Å². The van der Waals surface area contributed by atoms with Gasteiger partial charge in [0.15, 0.2) is 12.8 Å². The molecular formula is C48H54ClN8O6S+. The van der Waals surface area contributed by atoms with Crippen molar-refractivity contribution in [1.82, 2.24) is 29.4 Å². The number of sulfonamides is 1. The van der Waals surface area contributed by atoms with Crippen molar-refractivity contribution in [3.63, 3.8) is 0 Å². The van der Waals surface area contributed by atoms with Crippen LogP contribution in [0.25, 0.3) is 33.3 Å². The number of ether oxygens (including phenoxy) is 1. The number of pyridine rings is 1. The molecule has 16 heteroatoms. The number of nitrogens with zero attached hydrogens (tertiary/aromatic N) is 6. The molecule has 3 aliphatic rings. The van der Waals surface area contributed by atoms with E-state index in [1.807, 2.05) is 36.4 Å². The summed E-state index contributed by atoms with van der Waals surface area (Å²) < 4.78 is 38.3. The van der Waals surface area contributed by atoms with E-state index in [-0.39, 0.29) is 39.3 Å². The van der Waals surface area contributed by atoms with Crippen molar-refractivity contribution in [2.24, 2.45) is 11.3 Å². The number of benzene rings is 3. The monoisotopic (exact) mass is 905 g/mol. The van der Waals surface area contributed by atoms with E-state index in [0.717, 1.165) is 80.9 Å². The Morgan fingerprint density at radius 1 is 1.00 bits per heavy atom. The lowest BCUT2D eigenvalue weighted by Crippen LogP contribution is -2.47. The molecule has 14 nitrogen and oxygen atoms in total. The van der Waals surface area contributed by atoms with Crippen molar-refractivity contribution in [3.8, 4) is 11.4 Å². The number of anilines is 1. The Bertz CT molecular complexity index is 2870. The number of halogens is 1. The second-order valence-corrected chi connectivity index (χ2v) is 20.4. The molecule has 0 unspecified atom stereocenters. The molecule has 0 atom stereocenters. The fraction of sp³-hybridized carbons (Fsp3) is 0.396. The molecule has 1 saturated heterocycles. The summed E-state index contributed by atoms with van der Waals surface area (Å²) in [5.74, 6) is -0.408. The van der Waals surface area contributed by atoms with Crippen LogP contribution in [0.4, 0.5) is 11.4 Å². The first kappa shape index (κ1) is 43.6. The Morgan fingerprint density at radius 3 is 2.52 bits per heavy atom. The highest BCUT2D eigenvalue weighted by Crippen LogP contribution is 2.43. The third-order valence-corrected chi connectivity index (χ3v) is 14.7. The third kappa shape index (κ3) is 9.30. The van der Waals surface area contributed by atoms with E-state index >= 15 is 0 Å². The predicted octanol–water partition coefficient (Wildman–Crippen LogP) is 8.43. The van der Waals surface area contributed by atoms with Crippen LogP contribution in [0.3, 0.4) is 0 Å². The average Bonchev–Trinajstić information content (AvgIpc) is 3.92. The van der Waals surface area contributed by atoms with Crippen molar-refractivity contribution < 1.29 is 27.8 Å². The zero-order valence-electron chi connectivity index (χ0n) is 36.4. The van der Waals surface area contributed by atoms with Crippen LogP contribution in [0.5, 0.6) is 5.75 Å². The van der Waals surface area contributed by atoms with E-state index in [1.165, 1.54) is 42.0 Å². The zero-order valence-corrected chi connectivity index (χ0v) is 38.0. The van der Waals surface area contributed by atoms with Crippen molar-refractivity contribution in [2.75, 3.05) is 51.3 Å². The van der Waals surface area contributed by atoms with Gasteiger partial charge < -0.3 is 19.7 Å². The lowest BCUT2D eigenvalue weighted by Gasteiger charge is -2.39. The van der Waals surface area contributed by atoms with Gasteiger partial charge in [0.25, 0.3) is 21.6 Å². The average molecular weight is 907 g/mol. The lowest BCUT2D eigenvalue weighted by atomic mass is 9.72. The SMILES string of the molecule is C[N+](=O)c1cc(S(=O)(=O)NC(=O)c2ccc(N3CCN(CC4=C(c5ccc(Cl)cc5)CC(C)(C)CC4)CC3)cc2-n2ncc3nc4[nH]ccc4cc32)ccc1OC[C@H]1CC[C@@H](O)CC1. The maximum atomic E-state index is 14.3. The fourth-order valence-corrected chi connectivity index (χ4v) is 10.5. The highest BCUT2D eigenvalue weighted by molar-refractivity contribution is 7.90. The van der Waals surface area contributed by atoms with Crippen LogP contribution in [0.15, 0.2) is 95.7 Å². The van der Waals surface area contributed by atoms with Gasteiger partial charge in [0.2, 0.25) is 0 Å². The maximum absolute atomic E-state index is 14.3. The molecule has 0 spiro atoms. The number of aliphatic hydroxyl groups is 1. The van der Waals surface area contributed by atoms with Crippen LogP contribution < -0.4 is 14.4 Å². The van der Waals surface area contributed by atoms with Gasteiger partial charge in [0.05, 0.1) is 40.6 Å². The minimum atomic E-state index is -4.47. The number of aromatic nitrogens is 4. The molecule has 4 heterocycles. The van der Waals surface area contributed by atoms with Gasteiger partial charge in [-0.1, -0.05) is 43.2 Å².